The Bertz CT molecular complexity index is 76.3. The molecule has 1 rings (SSSR count). The lowest BCUT2D eigenvalue weighted by Gasteiger charge is -1.68. The van der Waals surface area contributed by atoms with Gasteiger partial charge in [-0.2, -0.15) is 0 Å². The van der Waals surface area contributed by atoms with Gasteiger partial charge in [-0.3, -0.25) is 0 Å². The van der Waals surface area contributed by atoms with Crippen molar-refractivity contribution < 1.29 is 0 Å². The highest BCUT2D eigenvalue weighted by atomic mass is 14.4. The van der Waals surface area contributed by atoms with Crippen LogP contribution in [0.2, 0.25) is 0 Å². The summed E-state index contributed by atoms with van der Waals surface area (Å²) in [6.07, 6.45) is 0. The number of hydrogen-bond acceptors (Lipinski definition) is 1. The maximum atomic E-state index is 4.50. The van der Waals surface area contributed by atoms with Crippen LogP contribution in [0.4, 0.5) is 0 Å². The van der Waals surface area contributed by atoms with Gasteiger partial charge in [-0.05, 0) is 13.1 Å². The van der Waals surface area contributed by atoms with Crippen LogP contribution in [0.1, 0.15) is 0 Å². The summed E-state index contributed by atoms with van der Waals surface area (Å²) in [6.45, 7) is 0. The summed E-state index contributed by atoms with van der Waals surface area (Å²) in [7, 11) is 1.50. The van der Waals surface area contributed by atoms with Gasteiger partial charge in [0, 0.05) is 0 Å². The Morgan fingerprint density at radius 3 is 1.62 bits per heavy atom. The zero-order valence-corrected chi connectivity index (χ0v) is 4.96. The number of rotatable bonds is 0. The molecular weight excluding hydrogens is 98.1 g/mol. The first kappa shape index (κ1) is 7.18. The van der Waals surface area contributed by atoms with Crippen LogP contribution in [0.5, 0.6) is 0 Å². The molecule has 1 heteroatoms. The van der Waals surface area contributed by atoms with Gasteiger partial charge in [0.2, 0.25) is 0 Å². The van der Waals surface area contributed by atoms with E-state index in [0.717, 1.165) is 0 Å². The Labute approximate surface area is 50.1 Å². The van der Waals surface area contributed by atoms with E-state index in [2.05, 4.69) is 11.8 Å². The van der Waals surface area contributed by atoms with E-state index in [9.17, 15) is 0 Å². The largest absolute Gasteiger partial charge is 0.333 e. The van der Waals surface area contributed by atoms with E-state index in [1.165, 1.54) is 7.05 Å². The van der Waals surface area contributed by atoms with Gasteiger partial charge in [-0.15, -0.1) is 0 Å². The maximum absolute atomic E-state index is 4.50. The second-order valence-electron chi connectivity index (χ2n) is 1.08. The van der Waals surface area contributed by atoms with E-state index in [4.69, 9.17) is 0 Å². The predicted molar refractivity (Wildman–Crippen MR) is 35.4 cm³/mol. The van der Waals surface area contributed by atoms with Crippen LogP contribution in [0.3, 0.4) is 0 Å². The standard InChI is InChI=1S/C6H5.CH5N/c1-2-4-6-5-3-1;1-2/h1-5H;2H2,1H3. The Balaban J connectivity index is 0.000000222. The van der Waals surface area contributed by atoms with Gasteiger partial charge in [0.15, 0.2) is 0 Å². The van der Waals surface area contributed by atoms with Crippen LogP contribution >= 0.6 is 0 Å². The van der Waals surface area contributed by atoms with Crippen molar-refractivity contribution >= 4 is 0 Å². The fourth-order valence-corrected chi connectivity index (χ4v) is 0.342. The van der Waals surface area contributed by atoms with Crippen molar-refractivity contribution in [2.24, 2.45) is 5.73 Å². The first-order valence-electron chi connectivity index (χ1n) is 2.49. The van der Waals surface area contributed by atoms with Crippen molar-refractivity contribution in [3.63, 3.8) is 0 Å². The quantitative estimate of drug-likeness (QED) is 0.528. The molecule has 0 aliphatic heterocycles. The first-order chi connectivity index (χ1) is 4.00. The molecule has 1 aromatic rings. The lowest BCUT2D eigenvalue weighted by molar-refractivity contribution is 1.48. The van der Waals surface area contributed by atoms with E-state index in [1.54, 1.807) is 0 Å². The van der Waals surface area contributed by atoms with Crippen LogP contribution in [-0.4, -0.2) is 7.05 Å². The highest BCUT2D eigenvalue weighted by Crippen LogP contribution is 1.78. The van der Waals surface area contributed by atoms with Crippen molar-refractivity contribution in [3.05, 3.63) is 36.4 Å². The van der Waals surface area contributed by atoms with E-state index in [-0.39, 0.29) is 0 Å². The second-order valence-corrected chi connectivity index (χ2v) is 1.08. The summed E-state index contributed by atoms with van der Waals surface area (Å²) < 4.78 is 0. The molecule has 0 heterocycles. The minimum Gasteiger partial charge on any atom is -0.333 e. The third kappa shape index (κ3) is 3.37. The Morgan fingerprint density at radius 1 is 1.00 bits per heavy atom. The van der Waals surface area contributed by atoms with Crippen LogP contribution in [0.15, 0.2) is 30.3 Å². The highest BCUT2D eigenvalue weighted by Gasteiger charge is 1.58. The molecule has 43 valence electrons. The third-order valence-corrected chi connectivity index (χ3v) is 0.607. The molecular formula is C7H10N. The fourth-order valence-electron chi connectivity index (χ4n) is 0.342. The molecule has 8 heavy (non-hydrogen) atoms. The Kier molecular flexibility index (Phi) is 5.55. The summed E-state index contributed by atoms with van der Waals surface area (Å²) in [5.41, 5.74) is 4.50. The predicted octanol–water partition coefficient (Wildman–Crippen LogP) is 1.06. The topological polar surface area (TPSA) is 26.0 Å². The molecule has 0 saturated carbocycles. The molecule has 1 nitrogen and oxygen atoms in total. The molecule has 1 radical (unpaired) electrons. The van der Waals surface area contributed by atoms with E-state index < -0.39 is 0 Å². The smallest absolute Gasteiger partial charge is 0.0184 e. The minimum atomic E-state index is 1.50. The highest BCUT2D eigenvalue weighted by molar-refractivity contribution is 4.97. The Morgan fingerprint density at radius 2 is 1.50 bits per heavy atom. The van der Waals surface area contributed by atoms with Gasteiger partial charge in [0.05, 0.1) is 0 Å². The van der Waals surface area contributed by atoms with E-state index >= 15 is 0 Å². The van der Waals surface area contributed by atoms with Crippen LogP contribution in [0, 0.1) is 6.07 Å². The molecule has 0 unspecified atom stereocenters. The number of nitrogens with two attached hydrogens (primary N) is 1. The van der Waals surface area contributed by atoms with Gasteiger partial charge in [-0.1, -0.05) is 30.3 Å². The van der Waals surface area contributed by atoms with Crippen LogP contribution in [-0.2, 0) is 0 Å². The summed E-state index contributed by atoms with van der Waals surface area (Å²) in [6, 6.07) is 12.5. The van der Waals surface area contributed by atoms with Crippen molar-refractivity contribution in [2.75, 3.05) is 7.05 Å². The normalized spacial score (nSPS) is 6.75. The van der Waals surface area contributed by atoms with Gasteiger partial charge in [0.25, 0.3) is 0 Å². The van der Waals surface area contributed by atoms with Crippen molar-refractivity contribution in [1.82, 2.24) is 0 Å². The van der Waals surface area contributed by atoms with Crippen molar-refractivity contribution in [2.45, 2.75) is 0 Å². The van der Waals surface area contributed by atoms with Gasteiger partial charge < -0.3 is 5.73 Å². The Hall–Kier alpha value is -0.820. The van der Waals surface area contributed by atoms with E-state index in [0.29, 0.717) is 0 Å². The zero-order valence-electron chi connectivity index (χ0n) is 4.96. The van der Waals surface area contributed by atoms with Gasteiger partial charge in [-0.25, -0.2) is 0 Å². The fraction of sp³-hybridized carbons (Fsp3) is 0.143. The number of benzene rings is 1. The van der Waals surface area contributed by atoms with Crippen LogP contribution in [0.25, 0.3) is 0 Å². The maximum Gasteiger partial charge on any atom is -0.0184 e. The average Bonchev–Trinajstić information content (AvgIpc) is 1.96. The van der Waals surface area contributed by atoms with Gasteiger partial charge >= 0.3 is 0 Å². The molecule has 0 atom stereocenters. The molecule has 0 aliphatic carbocycles. The second kappa shape index (κ2) is 6.18. The molecule has 1 aromatic carbocycles. The van der Waals surface area contributed by atoms with Gasteiger partial charge in [0.1, 0.15) is 0 Å². The SMILES string of the molecule is CN.[c]1ccccc1. The summed E-state index contributed by atoms with van der Waals surface area (Å²) >= 11 is 0. The lowest BCUT2D eigenvalue weighted by Crippen LogP contribution is -1.69. The van der Waals surface area contributed by atoms with Crippen LogP contribution < -0.4 is 5.73 Å². The molecule has 0 fully saturated rings. The molecule has 0 amide bonds. The molecule has 0 saturated heterocycles. The third-order valence-electron chi connectivity index (χ3n) is 0.607. The number of hydrogen-bond donors (Lipinski definition) is 1. The summed E-state index contributed by atoms with van der Waals surface area (Å²) in [5, 5.41) is 0. The first-order valence-corrected chi connectivity index (χ1v) is 2.49. The zero-order chi connectivity index (χ0) is 6.24. The van der Waals surface area contributed by atoms with Crippen molar-refractivity contribution in [1.29, 1.82) is 0 Å². The van der Waals surface area contributed by atoms with Crippen molar-refractivity contribution in [3.8, 4) is 0 Å². The summed E-state index contributed by atoms with van der Waals surface area (Å²) in [4.78, 5) is 0. The lowest BCUT2D eigenvalue weighted by atomic mass is 10.4. The molecule has 0 aromatic heterocycles. The molecule has 2 N–H and O–H groups in total. The minimum absolute atomic E-state index is 1.50. The molecule has 0 aliphatic rings. The monoisotopic (exact) mass is 108 g/mol. The van der Waals surface area contributed by atoms with E-state index in [1.807, 2.05) is 30.3 Å². The molecule has 0 spiro atoms. The summed E-state index contributed by atoms with van der Waals surface area (Å²) in [5.74, 6) is 0. The average molecular weight is 108 g/mol. The molecule has 0 bridgehead atoms.